The Labute approximate surface area is 96.9 Å². The Morgan fingerprint density at radius 1 is 0.875 bits per heavy atom. The topological polar surface area (TPSA) is 26.0 Å². The lowest BCUT2D eigenvalue weighted by molar-refractivity contribution is 0.870. The summed E-state index contributed by atoms with van der Waals surface area (Å²) in [5, 5.41) is 0. The summed E-state index contributed by atoms with van der Waals surface area (Å²) in [6.45, 7) is 4.33. The Morgan fingerprint density at radius 2 is 1.56 bits per heavy atom. The van der Waals surface area contributed by atoms with E-state index in [2.05, 4.69) is 44.2 Å². The van der Waals surface area contributed by atoms with Gasteiger partial charge in [0.25, 0.3) is 0 Å². The highest BCUT2D eigenvalue weighted by Gasteiger charge is 2.08. The van der Waals surface area contributed by atoms with Crippen molar-refractivity contribution in [3.05, 3.63) is 54.1 Å². The third-order valence-corrected chi connectivity index (χ3v) is 2.85. The second-order valence-corrected chi connectivity index (χ2v) is 4.33. The Hall–Kier alpha value is -1.76. The molecule has 0 radical (unpaired) electrons. The minimum Gasteiger partial charge on any atom is -0.398 e. The molecule has 0 aliphatic rings. The Bertz CT molecular complexity index is 472. The number of anilines is 1. The minimum absolute atomic E-state index is 0.462. The van der Waals surface area contributed by atoms with Gasteiger partial charge in [-0.2, -0.15) is 0 Å². The quantitative estimate of drug-likeness (QED) is 0.745. The van der Waals surface area contributed by atoms with Gasteiger partial charge in [-0.05, 0) is 17.0 Å². The number of para-hydroxylation sites is 1. The minimum atomic E-state index is 0.462. The van der Waals surface area contributed by atoms with Crippen LogP contribution in [0, 0.1) is 0 Å². The first-order chi connectivity index (χ1) is 7.70. The van der Waals surface area contributed by atoms with Gasteiger partial charge in [0, 0.05) is 11.3 Å². The molecule has 82 valence electrons. The van der Waals surface area contributed by atoms with Crippen molar-refractivity contribution in [2.45, 2.75) is 19.8 Å². The van der Waals surface area contributed by atoms with Crippen LogP contribution in [0.5, 0.6) is 0 Å². The summed E-state index contributed by atoms with van der Waals surface area (Å²) in [6, 6.07) is 16.5. The number of rotatable bonds is 2. The number of hydrogen-bond donors (Lipinski definition) is 1. The van der Waals surface area contributed by atoms with Crippen molar-refractivity contribution in [3.8, 4) is 11.1 Å². The molecule has 2 N–H and O–H groups in total. The highest BCUT2D eigenvalue weighted by molar-refractivity contribution is 5.78. The van der Waals surface area contributed by atoms with Gasteiger partial charge in [0.15, 0.2) is 0 Å². The van der Waals surface area contributed by atoms with Crippen LogP contribution in [0.25, 0.3) is 11.1 Å². The van der Waals surface area contributed by atoms with Crippen molar-refractivity contribution < 1.29 is 0 Å². The fraction of sp³-hybridized carbons (Fsp3) is 0.200. The van der Waals surface area contributed by atoms with E-state index >= 15 is 0 Å². The molecule has 0 aromatic heterocycles. The summed E-state index contributed by atoms with van der Waals surface area (Å²) in [7, 11) is 0. The molecule has 1 heteroatoms. The van der Waals surface area contributed by atoms with Gasteiger partial charge in [-0.25, -0.2) is 0 Å². The molecule has 0 aliphatic heterocycles. The van der Waals surface area contributed by atoms with Crippen LogP contribution >= 0.6 is 0 Å². The molecule has 0 amide bonds. The lowest BCUT2D eigenvalue weighted by atomic mass is 9.95. The molecule has 2 aromatic carbocycles. The third kappa shape index (κ3) is 1.94. The standard InChI is InChI=1S/C15H17N/c1-11(2)13-9-6-10-14(15(13)16)12-7-4-3-5-8-12/h3-11H,16H2,1-2H3. The molecular weight excluding hydrogens is 194 g/mol. The highest BCUT2D eigenvalue weighted by Crippen LogP contribution is 2.31. The first kappa shape index (κ1) is 10.7. The molecule has 0 bridgehead atoms. The normalized spacial score (nSPS) is 10.7. The van der Waals surface area contributed by atoms with Gasteiger partial charge in [0.05, 0.1) is 0 Å². The monoisotopic (exact) mass is 211 g/mol. The summed E-state index contributed by atoms with van der Waals surface area (Å²) in [5.74, 6) is 0.462. The first-order valence-corrected chi connectivity index (χ1v) is 5.64. The van der Waals surface area contributed by atoms with E-state index in [1.165, 1.54) is 11.1 Å². The average Bonchev–Trinajstić information content (AvgIpc) is 2.30. The van der Waals surface area contributed by atoms with Crippen LogP contribution in [0.15, 0.2) is 48.5 Å². The van der Waals surface area contributed by atoms with Gasteiger partial charge in [0.1, 0.15) is 0 Å². The summed E-state index contributed by atoms with van der Waals surface area (Å²) in [4.78, 5) is 0. The molecule has 0 spiro atoms. The van der Waals surface area contributed by atoms with Crippen molar-refractivity contribution in [1.82, 2.24) is 0 Å². The zero-order chi connectivity index (χ0) is 11.5. The van der Waals surface area contributed by atoms with E-state index in [1.807, 2.05) is 18.2 Å². The summed E-state index contributed by atoms with van der Waals surface area (Å²) >= 11 is 0. The lowest BCUT2D eigenvalue weighted by Crippen LogP contribution is -1.98. The maximum absolute atomic E-state index is 6.22. The molecule has 0 saturated heterocycles. The predicted molar refractivity (Wildman–Crippen MR) is 70.4 cm³/mol. The van der Waals surface area contributed by atoms with Crippen molar-refractivity contribution in [2.24, 2.45) is 0 Å². The van der Waals surface area contributed by atoms with Crippen molar-refractivity contribution in [3.63, 3.8) is 0 Å². The smallest absolute Gasteiger partial charge is 0.0428 e. The molecule has 0 atom stereocenters. The maximum atomic E-state index is 6.22. The van der Waals surface area contributed by atoms with Crippen LogP contribution in [0.4, 0.5) is 5.69 Å². The van der Waals surface area contributed by atoms with Crippen LogP contribution in [0.1, 0.15) is 25.3 Å². The molecule has 1 nitrogen and oxygen atoms in total. The van der Waals surface area contributed by atoms with Gasteiger partial charge in [-0.3, -0.25) is 0 Å². The largest absolute Gasteiger partial charge is 0.398 e. The Balaban J connectivity index is 2.55. The van der Waals surface area contributed by atoms with E-state index in [1.54, 1.807) is 0 Å². The van der Waals surface area contributed by atoms with E-state index in [0.29, 0.717) is 5.92 Å². The van der Waals surface area contributed by atoms with E-state index in [0.717, 1.165) is 11.3 Å². The second-order valence-electron chi connectivity index (χ2n) is 4.33. The van der Waals surface area contributed by atoms with Crippen LogP contribution in [0.2, 0.25) is 0 Å². The number of nitrogens with two attached hydrogens (primary N) is 1. The van der Waals surface area contributed by atoms with Crippen LogP contribution < -0.4 is 5.73 Å². The van der Waals surface area contributed by atoms with Crippen LogP contribution in [-0.4, -0.2) is 0 Å². The highest BCUT2D eigenvalue weighted by atomic mass is 14.6. The van der Waals surface area contributed by atoms with E-state index in [4.69, 9.17) is 5.73 Å². The van der Waals surface area contributed by atoms with Gasteiger partial charge in [-0.1, -0.05) is 62.4 Å². The van der Waals surface area contributed by atoms with Gasteiger partial charge >= 0.3 is 0 Å². The summed E-state index contributed by atoms with van der Waals surface area (Å²) < 4.78 is 0. The van der Waals surface area contributed by atoms with E-state index < -0.39 is 0 Å². The zero-order valence-corrected chi connectivity index (χ0v) is 9.77. The van der Waals surface area contributed by atoms with Crippen LogP contribution in [0.3, 0.4) is 0 Å². The number of hydrogen-bond acceptors (Lipinski definition) is 1. The average molecular weight is 211 g/mol. The molecule has 0 heterocycles. The molecule has 0 aliphatic carbocycles. The number of benzene rings is 2. The zero-order valence-electron chi connectivity index (χ0n) is 9.77. The van der Waals surface area contributed by atoms with Crippen LogP contribution in [-0.2, 0) is 0 Å². The van der Waals surface area contributed by atoms with Gasteiger partial charge < -0.3 is 5.73 Å². The van der Waals surface area contributed by atoms with Crippen molar-refractivity contribution in [1.29, 1.82) is 0 Å². The fourth-order valence-corrected chi connectivity index (χ4v) is 1.96. The second kappa shape index (κ2) is 4.40. The molecule has 16 heavy (non-hydrogen) atoms. The Morgan fingerprint density at radius 3 is 2.19 bits per heavy atom. The third-order valence-electron chi connectivity index (χ3n) is 2.85. The summed E-state index contributed by atoms with van der Waals surface area (Å²) in [6.07, 6.45) is 0. The fourth-order valence-electron chi connectivity index (χ4n) is 1.96. The van der Waals surface area contributed by atoms with Gasteiger partial charge in [0.2, 0.25) is 0 Å². The SMILES string of the molecule is CC(C)c1cccc(-c2ccccc2)c1N. The van der Waals surface area contributed by atoms with Gasteiger partial charge in [-0.15, -0.1) is 0 Å². The van der Waals surface area contributed by atoms with Crippen molar-refractivity contribution in [2.75, 3.05) is 5.73 Å². The summed E-state index contributed by atoms with van der Waals surface area (Å²) in [5.41, 5.74) is 10.7. The number of nitrogen functional groups attached to an aromatic ring is 1. The Kier molecular flexibility index (Phi) is 2.95. The molecule has 0 unspecified atom stereocenters. The molecule has 0 fully saturated rings. The van der Waals surface area contributed by atoms with E-state index in [-0.39, 0.29) is 0 Å². The maximum Gasteiger partial charge on any atom is 0.0428 e. The first-order valence-electron chi connectivity index (χ1n) is 5.64. The van der Waals surface area contributed by atoms with Crippen molar-refractivity contribution >= 4 is 5.69 Å². The lowest BCUT2D eigenvalue weighted by Gasteiger charge is -2.13. The predicted octanol–water partition coefficient (Wildman–Crippen LogP) is 4.06. The molecule has 0 saturated carbocycles. The molecule has 2 aromatic rings. The molecular formula is C15H17N. The van der Waals surface area contributed by atoms with E-state index in [9.17, 15) is 0 Å². The molecule has 2 rings (SSSR count).